The first-order valence-corrected chi connectivity index (χ1v) is 6.29. The third-order valence-electron chi connectivity index (χ3n) is 2.24. The summed E-state index contributed by atoms with van der Waals surface area (Å²) in [5.74, 6) is -1.42. The van der Waals surface area contributed by atoms with Crippen molar-refractivity contribution in [3.8, 4) is 5.75 Å². The lowest BCUT2D eigenvalue weighted by Crippen LogP contribution is -2.31. The molecule has 0 aliphatic heterocycles. The van der Waals surface area contributed by atoms with E-state index in [0.717, 1.165) is 0 Å². The molecule has 19 heavy (non-hydrogen) atoms. The van der Waals surface area contributed by atoms with E-state index in [1.807, 2.05) is 0 Å². The van der Waals surface area contributed by atoms with E-state index in [2.05, 4.69) is 20.7 Å². The van der Waals surface area contributed by atoms with Gasteiger partial charge in [0, 0.05) is 10.0 Å². The number of ether oxygens (including phenoxy) is 1. The third-order valence-corrected chi connectivity index (χ3v) is 2.99. The van der Waals surface area contributed by atoms with Gasteiger partial charge in [-0.25, -0.2) is 9.18 Å². The molecule has 0 bridgehead atoms. The van der Waals surface area contributed by atoms with Gasteiger partial charge in [0.2, 0.25) is 6.17 Å². The molecular weight excluding hydrogens is 364 g/mol. The van der Waals surface area contributed by atoms with E-state index in [1.54, 1.807) is 6.92 Å². The minimum absolute atomic E-state index is 0. The Bertz CT molecular complexity index is 462. The van der Waals surface area contributed by atoms with Crippen molar-refractivity contribution >= 4 is 45.9 Å². The van der Waals surface area contributed by atoms with Crippen LogP contribution in [0.2, 0.25) is 5.02 Å². The second kappa shape index (κ2) is 7.89. The van der Waals surface area contributed by atoms with Crippen LogP contribution in [0.4, 0.5) is 4.39 Å². The predicted octanol–water partition coefficient (Wildman–Crippen LogP) is 3.13. The monoisotopic (exact) mass is 375 g/mol. The zero-order valence-corrected chi connectivity index (χ0v) is 13.1. The lowest BCUT2D eigenvalue weighted by molar-refractivity contribution is -0.149. The van der Waals surface area contributed by atoms with E-state index in [9.17, 15) is 14.3 Å². The molecule has 4 nitrogen and oxygen atoms in total. The van der Waals surface area contributed by atoms with Crippen LogP contribution >= 0.6 is 39.9 Å². The number of benzene rings is 1. The number of hydrogen-bond acceptors (Lipinski definition) is 4. The van der Waals surface area contributed by atoms with Gasteiger partial charge in [-0.2, -0.15) is 0 Å². The van der Waals surface area contributed by atoms with Gasteiger partial charge < -0.3 is 15.6 Å². The van der Waals surface area contributed by atoms with Gasteiger partial charge in [0.15, 0.2) is 0 Å². The summed E-state index contributed by atoms with van der Waals surface area (Å²) in [6, 6.07) is 1.49. The number of nitrogens with two attached hydrogens (primary N) is 1. The molecule has 1 unspecified atom stereocenters. The summed E-state index contributed by atoms with van der Waals surface area (Å²) >= 11 is 8.88. The minimum Gasteiger partial charge on any atom is -0.506 e. The Kier molecular flexibility index (Phi) is 7.66. The zero-order valence-electron chi connectivity index (χ0n) is 9.90. The molecule has 1 rings (SSSR count). The average Bonchev–Trinajstić information content (AvgIpc) is 2.32. The Labute approximate surface area is 129 Å². The van der Waals surface area contributed by atoms with Crippen LogP contribution in [-0.4, -0.2) is 23.9 Å². The highest BCUT2D eigenvalue weighted by atomic mass is 79.9. The van der Waals surface area contributed by atoms with Crippen molar-refractivity contribution in [3.05, 3.63) is 27.2 Å². The maximum atomic E-state index is 13.7. The fourth-order valence-electron chi connectivity index (χ4n) is 1.37. The first kappa shape index (κ1) is 18.4. The van der Waals surface area contributed by atoms with Gasteiger partial charge in [0.25, 0.3) is 0 Å². The minimum atomic E-state index is -2.07. The summed E-state index contributed by atoms with van der Waals surface area (Å²) in [4.78, 5) is 11.2. The van der Waals surface area contributed by atoms with Gasteiger partial charge in [-0.3, -0.25) is 0 Å². The summed E-state index contributed by atoms with van der Waals surface area (Å²) in [5.41, 5.74) is 5.63. The van der Waals surface area contributed by atoms with Crippen LogP contribution in [0.15, 0.2) is 16.6 Å². The first-order chi connectivity index (χ1) is 8.38. The number of hydrogen-bond donors (Lipinski definition) is 2. The van der Waals surface area contributed by atoms with E-state index < -0.39 is 18.2 Å². The molecule has 0 saturated heterocycles. The number of carbonyl (C=O) groups excluding carboxylic acids is 1. The second-order valence-electron chi connectivity index (χ2n) is 3.51. The number of phenols is 1. The van der Waals surface area contributed by atoms with Crippen molar-refractivity contribution < 1.29 is 19.0 Å². The van der Waals surface area contributed by atoms with Gasteiger partial charge >= 0.3 is 5.97 Å². The largest absolute Gasteiger partial charge is 0.506 e. The average molecular weight is 377 g/mol. The van der Waals surface area contributed by atoms with Gasteiger partial charge in [0.1, 0.15) is 5.75 Å². The Hall–Kier alpha value is -0.560. The molecule has 3 N–H and O–H groups in total. The number of carbonyl (C=O) groups is 1. The second-order valence-corrected chi connectivity index (χ2v) is 4.83. The molecule has 2 atom stereocenters. The van der Waals surface area contributed by atoms with Gasteiger partial charge in [-0.15, -0.1) is 12.4 Å². The van der Waals surface area contributed by atoms with Crippen molar-refractivity contribution in [3.63, 3.8) is 0 Å². The maximum Gasteiger partial charge on any atom is 0.342 e. The lowest BCUT2D eigenvalue weighted by atomic mass is 10.0. The zero-order chi connectivity index (χ0) is 13.9. The van der Waals surface area contributed by atoms with E-state index in [1.165, 1.54) is 12.1 Å². The number of phenolic OH excluding ortho intramolecular Hbond substituents is 1. The van der Waals surface area contributed by atoms with E-state index in [-0.39, 0.29) is 35.3 Å². The van der Waals surface area contributed by atoms with Gasteiger partial charge in [-0.05, 0) is 19.1 Å². The third kappa shape index (κ3) is 4.49. The van der Waals surface area contributed by atoms with Crippen molar-refractivity contribution in [1.29, 1.82) is 0 Å². The summed E-state index contributed by atoms with van der Waals surface area (Å²) in [6.07, 6.45) is -2.07. The number of aromatic hydroxyl groups is 1. The van der Waals surface area contributed by atoms with Crippen molar-refractivity contribution in [2.24, 2.45) is 5.73 Å². The van der Waals surface area contributed by atoms with E-state index in [0.29, 0.717) is 4.47 Å². The van der Waals surface area contributed by atoms with Crippen molar-refractivity contribution in [2.45, 2.75) is 19.1 Å². The Balaban J connectivity index is 0.00000324. The fourth-order valence-corrected chi connectivity index (χ4v) is 2.20. The highest BCUT2D eigenvalue weighted by Crippen LogP contribution is 2.35. The number of alkyl halides is 1. The molecule has 1 aromatic carbocycles. The standard InChI is InChI=1S/C11H12BrClFNO3.ClH/c1-2-18-11(17)8(14)9(15)6-3-5(12)4-7(13)10(6)16;/h3-4,8-9,16H,2,15H2,1H3;1H/t8?,9-;/m0./s1. The SMILES string of the molecule is CCOC(=O)C(F)[C@@H](N)c1cc(Br)cc(Cl)c1O.Cl. The van der Waals surface area contributed by atoms with Crippen molar-refractivity contribution in [2.75, 3.05) is 6.61 Å². The number of esters is 1. The number of halogens is 4. The van der Waals surface area contributed by atoms with Gasteiger partial charge in [-0.1, -0.05) is 27.5 Å². The van der Waals surface area contributed by atoms with Crippen LogP contribution in [0.3, 0.4) is 0 Å². The molecule has 1 aromatic rings. The lowest BCUT2D eigenvalue weighted by Gasteiger charge is -2.17. The topological polar surface area (TPSA) is 72.5 Å². The summed E-state index contributed by atoms with van der Waals surface area (Å²) in [6.45, 7) is 1.61. The van der Waals surface area contributed by atoms with Crippen LogP contribution in [0.5, 0.6) is 5.75 Å². The summed E-state index contributed by atoms with van der Waals surface area (Å²) in [7, 11) is 0. The summed E-state index contributed by atoms with van der Waals surface area (Å²) in [5, 5.41) is 9.72. The fraction of sp³-hybridized carbons (Fsp3) is 0.364. The molecule has 108 valence electrons. The Morgan fingerprint density at radius 2 is 2.21 bits per heavy atom. The van der Waals surface area contributed by atoms with E-state index >= 15 is 0 Å². The van der Waals surface area contributed by atoms with Crippen LogP contribution in [0.1, 0.15) is 18.5 Å². The quantitative estimate of drug-likeness (QED) is 0.792. The van der Waals surface area contributed by atoms with Crippen LogP contribution < -0.4 is 5.73 Å². The Morgan fingerprint density at radius 3 is 2.74 bits per heavy atom. The van der Waals surface area contributed by atoms with Crippen LogP contribution in [0.25, 0.3) is 0 Å². The molecule has 0 aromatic heterocycles. The summed E-state index contributed by atoms with van der Waals surface area (Å²) < 4.78 is 18.8. The van der Waals surface area contributed by atoms with Crippen molar-refractivity contribution in [1.82, 2.24) is 0 Å². The molecule has 0 saturated carbocycles. The number of rotatable bonds is 4. The highest BCUT2D eigenvalue weighted by molar-refractivity contribution is 9.10. The van der Waals surface area contributed by atoms with Crippen LogP contribution in [0, 0.1) is 0 Å². The van der Waals surface area contributed by atoms with Gasteiger partial charge in [0.05, 0.1) is 17.7 Å². The van der Waals surface area contributed by atoms with Crippen LogP contribution in [-0.2, 0) is 9.53 Å². The van der Waals surface area contributed by atoms with E-state index in [4.69, 9.17) is 17.3 Å². The molecule has 0 radical (unpaired) electrons. The molecule has 0 amide bonds. The Morgan fingerprint density at radius 1 is 1.63 bits per heavy atom. The smallest absolute Gasteiger partial charge is 0.342 e. The predicted molar refractivity (Wildman–Crippen MR) is 76.5 cm³/mol. The molecule has 8 heteroatoms. The molecule has 0 fully saturated rings. The molecule has 0 aliphatic carbocycles. The normalized spacial score (nSPS) is 13.3. The highest BCUT2D eigenvalue weighted by Gasteiger charge is 2.30. The first-order valence-electron chi connectivity index (χ1n) is 5.12. The molecule has 0 aliphatic rings. The molecule has 0 spiro atoms. The molecule has 0 heterocycles. The molecular formula is C11H13BrCl2FNO3. The maximum absolute atomic E-state index is 13.7.